The number of methoxy groups -OCH3 is 1. The van der Waals surface area contributed by atoms with Crippen LogP contribution in [0.25, 0.3) is 0 Å². The minimum atomic E-state index is -0.505. The Labute approximate surface area is 85.0 Å². The Hall–Kier alpha value is -0.810. The van der Waals surface area contributed by atoms with Crippen LogP contribution in [0.5, 0.6) is 0 Å². The molecule has 0 aromatic heterocycles. The van der Waals surface area contributed by atoms with Gasteiger partial charge in [0.15, 0.2) is 5.96 Å². The third-order valence-electron chi connectivity index (χ3n) is 2.26. The van der Waals surface area contributed by atoms with Crippen molar-refractivity contribution in [2.75, 3.05) is 47.4 Å². The monoisotopic (exact) mass is 201 g/mol. The van der Waals surface area contributed by atoms with Crippen molar-refractivity contribution in [1.82, 2.24) is 9.80 Å². The second-order valence-electron chi connectivity index (χ2n) is 3.59. The van der Waals surface area contributed by atoms with E-state index >= 15 is 0 Å². The third-order valence-corrected chi connectivity index (χ3v) is 2.26. The summed E-state index contributed by atoms with van der Waals surface area (Å²) in [6.45, 7) is 2.73. The Morgan fingerprint density at radius 1 is 1.43 bits per heavy atom. The van der Waals surface area contributed by atoms with E-state index in [2.05, 4.69) is 14.8 Å². The van der Waals surface area contributed by atoms with E-state index in [1.807, 2.05) is 14.1 Å². The highest BCUT2D eigenvalue weighted by Gasteiger charge is 2.19. The van der Waals surface area contributed by atoms with E-state index in [4.69, 9.17) is 4.74 Å². The van der Waals surface area contributed by atoms with Gasteiger partial charge in [-0.15, -0.1) is 0 Å². The van der Waals surface area contributed by atoms with Crippen molar-refractivity contribution >= 4 is 5.96 Å². The molecule has 1 heterocycles. The van der Waals surface area contributed by atoms with Gasteiger partial charge < -0.3 is 19.6 Å². The van der Waals surface area contributed by atoms with Crippen molar-refractivity contribution in [3.8, 4) is 0 Å². The molecule has 1 saturated heterocycles. The van der Waals surface area contributed by atoms with E-state index in [1.54, 1.807) is 7.11 Å². The second kappa shape index (κ2) is 5.17. The van der Waals surface area contributed by atoms with Crippen molar-refractivity contribution in [3.63, 3.8) is 0 Å². The number of rotatable bonds is 4. The molecule has 0 bridgehead atoms. The van der Waals surface area contributed by atoms with Crippen molar-refractivity contribution in [2.45, 2.75) is 6.10 Å². The van der Waals surface area contributed by atoms with Crippen molar-refractivity contribution < 1.29 is 9.84 Å². The molecule has 0 amide bonds. The number of guanidine groups is 1. The van der Waals surface area contributed by atoms with Crippen LogP contribution in [0, 0.1) is 0 Å². The second-order valence-corrected chi connectivity index (χ2v) is 3.59. The molecule has 1 aliphatic rings. The molecule has 1 atom stereocenters. The fourth-order valence-electron chi connectivity index (χ4n) is 1.46. The predicted molar refractivity (Wildman–Crippen MR) is 55.4 cm³/mol. The van der Waals surface area contributed by atoms with Crippen molar-refractivity contribution in [1.29, 1.82) is 0 Å². The highest BCUT2D eigenvalue weighted by atomic mass is 16.5. The van der Waals surface area contributed by atoms with Crippen LogP contribution in [0.2, 0.25) is 0 Å². The van der Waals surface area contributed by atoms with Gasteiger partial charge in [0.2, 0.25) is 0 Å². The van der Waals surface area contributed by atoms with Crippen LogP contribution in [-0.2, 0) is 4.74 Å². The van der Waals surface area contributed by atoms with Crippen LogP contribution < -0.4 is 0 Å². The van der Waals surface area contributed by atoms with Gasteiger partial charge in [0, 0.05) is 34.3 Å². The first-order chi connectivity index (χ1) is 6.65. The standard InChI is InChI=1S/C9H19N3O2/c1-11-4-5-12(2)9(11)10-6-8(13)7-14-3/h8,13H,4-7H2,1-3H3. The van der Waals surface area contributed by atoms with Gasteiger partial charge in [-0.1, -0.05) is 0 Å². The van der Waals surface area contributed by atoms with E-state index < -0.39 is 6.10 Å². The first-order valence-electron chi connectivity index (χ1n) is 4.79. The third kappa shape index (κ3) is 2.85. The molecular weight excluding hydrogens is 182 g/mol. The molecule has 0 saturated carbocycles. The molecule has 14 heavy (non-hydrogen) atoms. The zero-order chi connectivity index (χ0) is 10.6. The van der Waals surface area contributed by atoms with Crippen LogP contribution in [-0.4, -0.2) is 74.4 Å². The first-order valence-corrected chi connectivity index (χ1v) is 4.79. The zero-order valence-electron chi connectivity index (χ0n) is 9.10. The Bertz CT molecular complexity index is 196. The normalized spacial score (nSPS) is 19.0. The summed E-state index contributed by atoms with van der Waals surface area (Å²) in [5, 5.41) is 9.41. The molecule has 0 aromatic rings. The number of aliphatic hydroxyl groups is 1. The first kappa shape index (κ1) is 11.3. The summed E-state index contributed by atoms with van der Waals surface area (Å²) in [5.41, 5.74) is 0. The van der Waals surface area contributed by atoms with Gasteiger partial charge >= 0.3 is 0 Å². The van der Waals surface area contributed by atoms with Crippen LogP contribution in [0.1, 0.15) is 0 Å². The van der Waals surface area contributed by atoms with E-state index in [-0.39, 0.29) is 0 Å². The summed E-state index contributed by atoms with van der Waals surface area (Å²) < 4.78 is 4.83. The van der Waals surface area contributed by atoms with E-state index in [9.17, 15) is 5.11 Å². The Kier molecular flexibility index (Phi) is 4.16. The zero-order valence-corrected chi connectivity index (χ0v) is 9.10. The van der Waals surface area contributed by atoms with Crippen LogP contribution in [0.3, 0.4) is 0 Å². The summed E-state index contributed by atoms with van der Waals surface area (Å²) in [6.07, 6.45) is -0.505. The number of nitrogens with zero attached hydrogens (tertiary/aromatic N) is 3. The SMILES string of the molecule is COCC(O)CN=C1N(C)CCN1C. The summed E-state index contributed by atoms with van der Waals surface area (Å²) in [7, 11) is 5.58. The molecule has 0 aliphatic carbocycles. The molecule has 0 spiro atoms. The number of likely N-dealkylation sites (N-methyl/N-ethyl adjacent to an activating group) is 2. The molecule has 82 valence electrons. The molecule has 1 aliphatic heterocycles. The van der Waals surface area contributed by atoms with E-state index in [1.165, 1.54) is 0 Å². The Morgan fingerprint density at radius 3 is 2.50 bits per heavy atom. The molecule has 1 unspecified atom stereocenters. The lowest BCUT2D eigenvalue weighted by atomic mass is 10.4. The Balaban J connectivity index is 2.42. The number of hydrogen-bond donors (Lipinski definition) is 1. The topological polar surface area (TPSA) is 48.3 Å². The highest BCUT2D eigenvalue weighted by molar-refractivity contribution is 5.81. The van der Waals surface area contributed by atoms with Gasteiger partial charge in [0.25, 0.3) is 0 Å². The van der Waals surface area contributed by atoms with E-state index in [0.29, 0.717) is 13.2 Å². The lowest BCUT2D eigenvalue weighted by Crippen LogP contribution is -2.30. The fourth-order valence-corrected chi connectivity index (χ4v) is 1.46. The van der Waals surface area contributed by atoms with E-state index in [0.717, 1.165) is 19.0 Å². The van der Waals surface area contributed by atoms with Gasteiger partial charge in [-0.2, -0.15) is 0 Å². The molecule has 5 nitrogen and oxygen atoms in total. The molecule has 5 heteroatoms. The van der Waals surface area contributed by atoms with Crippen LogP contribution in [0.15, 0.2) is 4.99 Å². The quantitative estimate of drug-likeness (QED) is 0.648. The van der Waals surface area contributed by atoms with Gasteiger partial charge in [-0.3, -0.25) is 4.99 Å². The van der Waals surface area contributed by atoms with Gasteiger partial charge in [0.05, 0.1) is 19.3 Å². The van der Waals surface area contributed by atoms with Crippen LogP contribution in [0.4, 0.5) is 0 Å². The molecular formula is C9H19N3O2. The summed E-state index contributed by atoms with van der Waals surface area (Å²) >= 11 is 0. The van der Waals surface area contributed by atoms with Crippen molar-refractivity contribution in [3.05, 3.63) is 0 Å². The number of aliphatic hydroxyl groups excluding tert-OH is 1. The van der Waals surface area contributed by atoms with Gasteiger partial charge in [-0.25, -0.2) is 0 Å². The maximum Gasteiger partial charge on any atom is 0.196 e. The fraction of sp³-hybridized carbons (Fsp3) is 0.889. The largest absolute Gasteiger partial charge is 0.389 e. The smallest absolute Gasteiger partial charge is 0.196 e. The summed E-state index contributed by atoms with van der Waals surface area (Å²) in [4.78, 5) is 8.51. The highest BCUT2D eigenvalue weighted by Crippen LogP contribution is 2.03. The lowest BCUT2D eigenvalue weighted by molar-refractivity contribution is 0.0702. The van der Waals surface area contributed by atoms with Gasteiger partial charge in [-0.05, 0) is 0 Å². The number of aliphatic imine (C=N–C) groups is 1. The maximum atomic E-state index is 9.41. The minimum absolute atomic E-state index is 0.338. The maximum absolute atomic E-state index is 9.41. The van der Waals surface area contributed by atoms with Crippen LogP contribution >= 0.6 is 0 Å². The number of ether oxygens (including phenoxy) is 1. The molecule has 0 radical (unpaired) electrons. The summed E-state index contributed by atoms with van der Waals surface area (Å²) in [6, 6.07) is 0. The minimum Gasteiger partial charge on any atom is -0.389 e. The van der Waals surface area contributed by atoms with Gasteiger partial charge in [0.1, 0.15) is 0 Å². The molecule has 1 N–H and O–H groups in total. The average molecular weight is 201 g/mol. The number of hydrogen-bond acceptors (Lipinski definition) is 3. The van der Waals surface area contributed by atoms with Crippen molar-refractivity contribution in [2.24, 2.45) is 4.99 Å². The average Bonchev–Trinajstić information content (AvgIpc) is 2.44. The Morgan fingerprint density at radius 2 is 2.00 bits per heavy atom. The summed E-state index contributed by atoms with van der Waals surface area (Å²) in [5.74, 6) is 0.945. The molecule has 1 fully saturated rings. The molecule has 1 rings (SSSR count). The predicted octanol–water partition coefficient (Wildman–Crippen LogP) is -0.773. The molecule has 0 aromatic carbocycles. The lowest BCUT2D eigenvalue weighted by Gasteiger charge is -2.16.